The van der Waals surface area contributed by atoms with E-state index in [1.54, 1.807) is 14.2 Å². The fourth-order valence-corrected chi connectivity index (χ4v) is 3.57. The molecule has 0 aromatic heterocycles. The molecule has 1 unspecified atom stereocenters. The molecular weight excluding hydrogens is 322 g/mol. The summed E-state index contributed by atoms with van der Waals surface area (Å²) in [6, 6.07) is 5.63. The van der Waals surface area contributed by atoms with Gasteiger partial charge in [-0.25, -0.2) is 0 Å². The number of carbonyl (C=O) groups is 2. The monoisotopic (exact) mass is 349 g/mol. The number of benzene rings is 1. The zero-order valence-corrected chi connectivity index (χ0v) is 15.1. The van der Waals surface area contributed by atoms with Crippen LogP contribution in [0.15, 0.2) is 18.2 Å². The van der Waals surface area contributed by atoms with Crippen LogP contribution in [0.1, 0.15) is 44.6 Å². The number of hydrogen-bond donors (Lipinski definition) is 2. The molecule has 0 bridgehead atoms. The topological polar surface area (TPSA) is 84.9 Å². The molecule has 6 heteroatoms. The van der Waals surface area contributed by atoms with Crippen molar-refractivity contribution in [1.82, 2.24) is 5.32 Å². The Labute approximate surface area is 148 Å². The summed E-state index contributed by atoms with van der Waals surface area (Å²) in [6.07, 6.45) is 3.59. The van der Waals surface area contributed by atoms with Gasteiger partial charge in [0, 0.05) is 13.0 Å². The second-order valence-corrected chi connectivity index (χ2v) is 6.77. The van der Waals surface area contributed by atoms with Crippen LogP contribution >= 0.6 is 0 Å². The largest absolute Gasteiger partial charge is 0.493 e. The van der Waals surface area contributed by atoms with Gasteiger partial charge in [-0.05, 0) is 36.5 Å². The molecular formula is C19H27NO5. The smallest absolute Gasteiger partial charge is 0.303 e. The number of carboxylic acid groups (broad SMARTS) is 1. The normalized spacial score (nSPS) is 16.9. The van der Waals surface area contributed by atoms with Gasteiger partial charge in [0.1, 0.15) is 0 Å². The molecule has 1 aliphatic carbocycles. The highest BCUT2D eigenvalue weighted by molar-refractivity contribution is 5.89. The standard InChI is InChI=1S/C19H27NO5/c1-13(10-17(21)22)12-20-18(23)19(8-4-5-9-19)14-6-7-15(24-2)16(11-14)25-3/h6-7,11,13H,4-5,8-10,12H2,1-3H3,(H,20,23)(H,21,22). The summed E-state index contributed by atoms with van der Waals surface area (Å²) >= 11 is 0. The Hall–Kier alpha value is -2.24. The number of carbonyl (C=O) groups excluding carboxylic acids is 1. The molecule has 0 saturated heterocycles. The number of aliphatic carboxylic acids is 1. The molecule has 1 aliphatic rings. The van der Waals surface area contributed by atoms with E-state index >= 15 is 0 Å². The minimum Gasteiger partial charge on any atom is -0.493 e. The highest BCUT2D eigenvalue weighted by atomic mass is 16.5. The minimum absolute atomic E-state index is 0.0329. The van der Waals surface area contributed by atoms with E-state index in [4.69, 9.17) is 14.6 Å². The van der Waals surface area contributed by atoms with E-state index in [9.17, 15) is 9.59 Å². The first-order valence-electron chi connectivity index (χ1n) is 8.65. The van der Waals surface area contributed by atoms with Crippen LogP contribution in [-0.2, 0) is 15.0 Å². The van der Waals surface area contributed by atoms with Crippen LogP contribution in [0, 0.1) is 5.92 Å². The third-order valence-corrected chi connectivity index (χ3v) is 4.96. The van der Waals surface area contributed by atoms with Gasteiger partial charge in [0.05, 0.1) is 19.6 Å². The molecule has 1 amide bonds. The molecule has 0 radical (unpaired) electrons. The van der Waals surface area contributed by atoms with Crippen molar-refractivity contribution >= 4 is 11.9 Å². The molecule has 1 fully saturated rings. The molecule has 2 rings (SSSR count). The van der Waals surface area contributed by atoms with Crippen molar-refractivity contribution in [2.75, 3.05) is 20.8 Å². The van der Waals surface area contributed by atoms with Crippen LogP contribution in [-0.4, -0.2) is 37.7 Å². The van der Waals surface area contributed by atoms with Crippen molar-refractivity contribution in [2.24, 2.45) is 5.92 Å². The Balaban J connectivity index is 2.20. The van der Waals surface area contributed by atoms with Gasteiger partial charge in [-0.15, -0.1) is 0 Å². The summed E-state index contributed by atoms with van der Waals surface area (Å²) in [4.78, 5) is 23.8. The van der Waals surface area contributed by atoms with Crippen molar-refractivity contribution in [3.05, 3.63) is 23.8 Å². The Morgan fingerprint density at radius 2 is 1.84 bits per heavy atom. The van der Waals surface area contributed by atoms with Gasteiger partial charge < -0.3 is 19.9 Å². The number of carboxylic acids is 1. The van der Waals surface area contributed by atoms with Crippen molar-refractivity contribution in [3.8, 4) is 11.5 Å². The van der Waals surface area contributed by atoms with Gasteiger partial charge >= 0.3 is 5.97 Å². The molecule has 2 N–H and O–H groups in total. The van der Waals surface area contributed by atoms with Gasteiger partial charge in [-0.2, -0.15) is 0 Å². The second kappa shape index (κ2) is 8.23. The Morgan fingerprint density at radius 3 is 2.40 bits per heavy atom. The van der Waals surface area contributed by atoms with Crippen LogP contribution in [0.5, 0.6) is 11.5 Å². The summed E-state index contributed by atoms with van der Waals surface area (Å²) in [6.45, 7) is 2.19. The maximum atomic E-state index is 13.0. The number of rotatable bonds is 8. The van der Waals surface area contributed by atoms with Crippen LogP contribution in [0.3, 0.4) is 0 Å². The van der Waals surface area contributed by atoms with Gasteiger partial charge in [0.25, 0.3) is 0 Å². The summed E-state index contributed by atoms with van der Waals surface area (Å²) in [5, 5.41) is 11.8. The lowest BCUT2D eigenvalue weighted by Crippen LogP contribution is -2.44. The quantitative estimate of drug-likeness (QED) is 0.754. The van der Waals surface area contributed by atoms with E-state index in [0.29, 0.717) is 18.0 Å². The van der Waals surface area contributed by atoms with Crippen LogP contribution in [0.4, 0.5) is 0 Å². The average molecular weight is 349 g/mol. The fourth-order valence-electron chi connectivity index (χ4n) is 3.57. The molecule has 138 valence electrons. The number of methoxy groups -OCH3 is 2. The van der Waals surface area contributed by atoms with Gasteiger partial charge in [0.2, 0.25) is 5.91 Å². The van der Waals surface area contributed by atoms with Crippen molar-refractivity contribution in [2.45, 2.75) is 44.4 Å². The molecule has 0 heterocycles. The number of nitrogens with one attached hydrogen (secondary N) is 1. The molecule has 25 heavy (non-hydrogen) atoms. The summed E-state index contributed by atoms with van der Waals surface area (Å²) < 4.78 is 10.7. The molecule has 1 aromatic rings. The van der Waals surface area contributed by atoms with E-state index in [0.717, 1.165) is 31.2 Å². The number of hydrogen-bond acceptors (Lipinski definition) is 4. The molecule has 1 atom stereocenters. The highest BCUT2D eigenvalue weighted by Crippen LogP contribution is 2.43. The highest BCUT2D eigenvalue weighted by Gasteiger charge is 2.43. The number of ether oxygens (including phenoxy) is 2. The maximum absolute atomic E-state index is 13.0. The van der Waals surface area contributed by atoms with Gasteiger partial charge in [-0.3, -0.25) is 9.59 Å². The lowest BCUT2D eigenvalue weighted by molar-refractivity contribution is -0.138. The lowest BCUT2D eigenvalue weighted by atomic mass is 9.77. The molecule has 1 saturated carbocycles. The van der Waals surface area contributed by atoms with E-state index < -0.39 is 11.4 Å². The first kappa shape index (κ1) is 19.1. The summed E-state index contributed by atoms with van der Waals surface area (Å²) in [5.74, 6) is 0.255. The SMILES string of the molecule is COc1ccc(C2(C(=O)NCC(C)CC(=O)O)CCCC2)cc1OC. The molecule has 6 nitrogen and oxygen atoms in total. The van der Waals surface area contributed by atoms with Crippen LogP contribution in [0.2, 0.25) is 0 Å². The van der Waals surface area contributed by atoms with E-state index in [-0.39, 0.29) is 18.2 Å². The Bertz CT molecular complexity index is 622. The first-order chi connectivity index (χ1) is 11.9. The fraction of sp³-hybridized carbons (Fsp3) is 0.579. The lowest BCUT2D eigenvalue weighted by Gasteiger charge is -2.29. The summed E-state index contributed by atoms with van der Waals surface area (Å²) in [5.41, 5.74) is 0.341. The van der Waals surface area contributed by atoms with E-state index in [1.807, 2.05) is 25.1 Å². The second-order valence-electron chi connectivity index (χ2n) is 6.77. The summed E-state index contributed by atoms with van der Waals surface area (Å²) in [7, 11) is 3.16. The maximum Gasteiger partial charge on any atom is 0.303 e. The third kappa shape index (κ3) is 4.24. The van der Waals surface area contributed by atoms with E-state index in [1.165, 1.54) is 0 Å². The molecule has 1 aromatic carbocycles. The third-order valence-electron chi connectivity index (χ3n) is 4.96. The van der Waals surface area contributed by atoms with Crippen LogP contribution < -0.4 is 14.8 Å². The zero-order valence-electron chi connectivity index (χ0n) is 15.1. The van der Waals surface area contributed by atoms with Crippen molar-refractivity contribution < 1.29 is 24.2 Å². The van der Waals surface area contributed by atoms with Gasteiger partial charge in [-0.1, -0.05) is 25.8 Å². The predicted molar refractivity (Wildman–Crippen MR) is 94.1 cm³/mol. The first-order valence-corrected chi connectivity index (χ1v) is 8.65. The molecule has 0 aliphatic heterocycles. The van der Waals surface area contributed by atoms with Crippen molar-refractivity contribution in [3.63, 3.8) is 0 Å². The number of amides is 1. The molecule has 0 spiro atoms. The average Bonchev–Trinajstić information content (AvgIpc) is 3.09. The van der Waals surface area contributed by atoms with Gasteiger partial charge in [0.15, 0.2) is 11.5 Å². The van der Waals surface area contributed by atoms with Crippen molar-refractivity contribution in [1.29, 1.82) is 0 Å². The Kier molecular flexibility index (Phi) is 6.28. The predicted octanol–water partition coefficient (Wildman–Crippen LogP) is 2.74. The van der Waals surface area contributed by atoms with E-state index in [2.05, 4.69) is 5.32 Å². The van der Waals surface area contributed by atoms with Crippen LogP contribution in [0.25, 0.3) is 0 Å². The minimum atomic E-state index is -0.850. The Morgan fingerprint density at radius 1 is 1.20 bits per heavy atom. The zero-order chi connectivity index (χ0) is 18.4.